The third-order valence-corrected chi connectivity index (χ3v) is 4.82. The Morgan fingerprint density at radius 2 is 2.12 bits per heavy atom. The summed E-state index contributed by atoms with van der Waals surface area (Å²) in [6.07, 6.45) is 0.864. The molecule has 0 unspecified atom stereocenters. The van der Waals surface area contributed by atoms with E-state index in [2.05, 4.69) is 10.6 Å². The average Bonchev–Trinajstić information content (AvgIpc) is 3.21. The van der Waals surface area contributed by atoms with Gasteiger partial charge < -0.3 is 21.1 Å². The average molecular weight is 345 g/mol. The molecule has 24 heavy (non-hydrogen) atoms. The molecule has 1 aromatic carbocycles. The summed E-state index contributed by atoms with van der Waals surface area (Å²) in [6.45, 7) is 0.432. The van der Waals surface area contributed by atoms with E-state index in [1.165, 1.54) is 11.3 Å². The standard InChI is InChI=1S/C17H19N3O3S/c18-17(22)20-13(15-6-3-7-24-15)9-16(21)19-10-12-8-11-4-1-2-5-14(11)23-12/h1-7,12-13H,8-10H2,(H,19,21)(H3,18,20,22)/t12-,13+/m1/s1. The number of para-hydroxylation sites is 1. The molecular formula is C17H19N3O3S. The lowest BCUT2D eigenvalue weighted by molar-refractivity contribution is -0.121. The Labute approximate surface area is 144 Å². The Kier molecular flexibility index (Phi) is 5.00. The maximum Gasteiger partial charge on any atom is 0.312 e. The summed E-state index contributed by atoms with van der Waals surface area (Å²) >= 11 is 1.48. The Hall–Kier alpha value is -2.54. The number of benzene rings is 1. The molecule has 2 aromatic rings. The first kappa shape index (κ1) is 16.3. The van der Waals surface area contributed by atoms with Crippen molar-refractivity contribution in [2.75, 3.05) is 6.54 Å². The molecule has 6 nitrogen and oxygen atoms in total. The summed E-state index contributed by atoms with van der Waals surface area (Å²) in [5.41, 5.74) is 6.36. The lowest BCUT2D eigenvalue weighted by atomic mass is 10.1. The van der Waals surface area contributed by atoms with Crippen molar-refractivity contribution in [3.8, 4) is 5.75 Å². The highest BCUT2D eigenvalue weighted by atomic mass is 32.1. The number of carbonyl (C=O) groups is 2. The predicted molar refractivity (Wildman–Crippen MR) is 92.0 cm³/mol. The molecule has 2 heterocycles. The normalized spacial score (nSPS) is 16.8. The van der Waals surface area contributed by atoms with Crippen LogP contribution in [0.1, 0.15) is 22.9 Å². The van der Waals surface area contributed by atoms with E-state index < -0.39 is 12.1 Å². The van der Waals surface area contributed by atoms with E-state index in [4.69, 9.17) is 10.5 Å². The van der Waals surface area contributed by atoms with Crippen LogP contribution >= 0.6 is 11.3 Å². The maximum absolute atomic E-state index is 12.2. The predicted octanol–water partition coefficient (Wildman–Crippen LogP) is 1.97. The fraction of sp³-hybridized carbons (Fsp3) is 0.294. The van der Waals surface area contributed by atoms with E-state index in [-0.39, 0.29) is 18.4 Å². The van der Waals surface area contributed by atoms with Gasteiger partial charge in [0.05, 0.1) is 19.0 Å². The van der Waals surface area contributed by atoms with Gasteiger partial charge in [-0.1, -0.05) is 24.3 Å². The van der Waals surface area contributed by atoms with Crippen molar-refractivity contribution in [2.45, 2.75) is 25.0 Å². The number of amides is 3. The molecule has 3 rings (SSSR count). The fourth-order valence-corrected chi connectivity index (χ4v) is 3.51. The first-order valence-corrected chi connectivity index (χ1v) is 8.60. The summed E-state index contributed by atoms with van der Waals surface area (Å²) in [6, 6.07) is 10.6. The van der Waals surface area contributed by atoms with Crippen LogP contribution in [0.15, 0.2) is 41.8 Å². The molecule has 7 heteroatoms. The zero-order valence-electron chi connectivity index (χ0n) is 13.0. The number of urea groups is 1. The molecule has 126 valence electrons. The number of rotatable bonds is 6. The number of primary amides is 1. The van der Waals surface area contributed by atoms with Gasteiger partial charge in [0.15, 0.2) is 0 Å². The van der Waals surface area contributed by atoms with Crippen LogP contribution in [0.25, 0.3) is 0 Å². The first-order chi connectivity index (χ1) is 11.6. The van der Waals surface area contributed by atoms with Crippen LogP contribution in [-0.4, -0.2) is 24.6 Å². The van der Waals surface area contributed by atoms with Crippen LogP contribution in [0.3, 0.4) is 0 Å². The zero-order valence-corrected chi connectivity index (χ0v) is 13.8. The molecule has 4 N–H and O–H groups in total. The van der Waals surface area contributed by atoms with Crippen molar-refractivity contribution in [3.05, 3.63) is 52.2 Å². The van der Waals surface area contributed by atoms with Crippen molar-refractivity contribution in [3.63, 3.8) is 0 Å². The van der Waals surface area contributed by atoms with Gasteiger partial charge in [-0.2, -0.15) is 0 Å². The molecular weight excluding hydrogens is 326 g/mol. The van der Waals surface area contributed by atoms with Gasteiger partial charge >= 0.3 is 6.03 Å². The van der Waals surface area contributed by atoms with Gasteiger partial charge in [0.1, 0.15) is 11.9 Å². The SMILES string of the molecule is NC(=O)N[C@@H](CC(=O)NC[C@H]1Cc2ccccc2O1)c1cccs1. The summed E-state index contributed by atoms with van der Waals surface area (Å²) in [5, 5.41) is 7.38. The van der Waals surface area contributed by atoms with Gasteiger partial charge in [-0.3, -0.25) is 4.79 Å². The summed E-state index contributed by atoms with van der Waals surface area (Å²) in [4.78, 5) is 24.2. The quantitative estimate of drug-likeness (QED) is 0.747. The molecule has 3 amide bonds. The second-order valence-corrected chi connectivity index (χ2v) is 6.62. The number of thiophene rings is 1. The lowest BCUT2D eigenvalue weighted by Crippen LogP contribution is -2.39. The Morgan fingerprint density at radius 1 is 1.29 bits per heavy atom. The molecule has 0 aliphatic carbocycles. The molecule has 2 atom stereocenters. The monoisotopic (exact) mass is 345 g/mol. The smallest absolute Gasteiger partial charge is 0.312 e. The summed E-state index contributed by atoms with van der Waals surface area (Å²) < 4.78 is 5.80. The van der Waals surface area contributed by atoms with Crippen molar-refractivity contribution in [2.24, 2.45) is 5.73 Å². The fourth-order valence-electron chi connectivity index (χ4n) is 2.74. The topological polar surface area (TPSA) is 93.5 Å². The number of hydrogen-bond donors (Lipinski definition) is 3. The van der Waals surface area contributed by atoms with Crippen LogP contribution in [0.5, 0.6) is 5.75 Å². The minimum atomic E-state index is -0.643. The zero-order chi connectivity index (χ0) is 16.9. The second-order valence-electron chi connectivity index (χ2n) is 5.64. The number of ether oxygens (including phenoxy) is 1. The molecule has 0 saturated heterocycles. The van der Waals surface area contributed by atoms with E-state index in [0.717, 1.165) is 22.6 Å². The van der Waals surface area contributed by atoms with Crippen molar-refractivity contribution >= 4 is 23.3 Å². The maximum atomic E-state index is 12.2. The van der Waals surface area contributed by atoms with E-state index in [0.29, 0.717) is 6.54 Å². The Balaban J connectivity index is 1.51. The number of carbonyl (C=O) groups excluding carboxylic acids is 2. The van der Waals surface area contributed by atoms with Gasteiger partial charge in [0.2, 0.25) is 5.91 Å². The van der Waals surface area contributed by atoms with Crippen LogP contribution in [-0.2, 0) is 11.2 Å². The van der Waals surface area contributed by atoms with Crippen LogP contribution in [0.2, 0.25) is 0 Å². The van der Waals surface area contributed by atoms with E-state index in [9.17, 15) is 9.59 Å². The minimum Gasteiger partial charge on any atom is -0.488 e. The number of hydrogen-bond acceptors (Lipinski definition) is 4. The van der Waals surface area contributed by atoms with Crippen LogP contribution < -0.4 is 21.1 Å². The Morgan fingerprint density at radius 3 is 2.83 bits per heavy atom. The largest absolute Gasteiger partial charge is 0.488 e. The van der Waals surface area contributed by atoms with Crippen molar-refractivity contribution < 1.29 is 14.3 Å². The van der Waals surface area contributed by atoms with E-state index in [1.807, 2.05) is 41.8 Å². The number of nitrogens with one attached hydrogen (secondary N) is 2. The van der Waals surface area contributed by atoms with Crippen LogP contribution in [0.4, 0.5) is 4.79 Å². The van der Waals surface area contributed by atoms with Gasteiger partial charge in [0.25, 0.3) is 0 Å². The third kappa shape index (κ3) is 4.05. The third-order valence-electron chi connectivity index (χ3n) is 3.83. The molecule has 1 aromatic heterocycles. The molecule has 0 fully saturated rings. The van der Waals surface area contributed by atoms with Gasteiger partial charge in [0, 0.05) is 11.3 Å². The molecule has 0 radical (unpaired) electrons. The van der Waals surface area contributed by atoms with Crippen molar-refractivity contribution in [1.82, 2.24) is 10.6 Å². The van der Waals surface area contributed by atoms with Crippen LogP contribution in [0, 0.1) is 0 Å². The molecule has 1 aliphatic rings. The number of nitrogens with two attached hydrogens (primary N) is 1. The number of fused-ring (bicyclic) bond motifs is 1. The van der Waals surface area contributed by atoms with E-state index >= 15 is 0 Å². The van der Waals surface area contributed by atoms with Gasteiger partial charge in [-0.05, 0) is 23.1 Å². The first-order valence-electron chi connectivity index (χ1n) is 7.72. The molecule has 0 saturated carbocycles. The van der Waals surface area contributed by atoms with Gasteiger partial charge in [-0.25, -0.2) is 4.79 Å². The summed E-state index contributed by atoms with van der Waals surface area (Å²) in [5.74, 6) is 0.727. The highest BCUT2D eigenvalue weighted by molar-refractivity contribution is 7.10. The molecule has 0 bridgehead atoms. The van der Waals surface area contributed by atoms with Gasteiger partial charge in [-0.15, -0.1) is 11.3 Å². The van der Waals surface area contributed by atoms with E-state index in [1.54, 1.807) is 0 Å². The molecule has 1 aliphatic heterocycles. The van der Waals surface area contributed by atoms with Crippen molar-refractivity contribution in [1.29, 1.82) is 0 Å². The summed E-state index contributed by atoms with van der Waals surface area (Å²) in [7, 11) is 0. The minimum absolute atomic E-state index is 0.0596. The highest BCUT2D eigenvalue weighted by Gasteiger charge is 2.24. The lowest BCUT2D eigenvalue weighted by Gasteiger charge is -2.17. The second kappa shape index (κ2) is 7.35. The Bertz CT molecular complexity index is 693. The highest BCUT2D eigenvalue weighted by Crippen LogP contribution is 2.28. The molecule has 0 spiro atoms.